The average Bonchev–Trinajstić information content (AvgIpc) is 2.72. The highest BCUT2D eigenvalue weighted by Crippen LogP contribution is 2.43. The van der Waals surface area contributed by atoms with E-state index in [1.807, 2.05) is 11.4 Å². The number of rotatable bonds is 3. The van der Waals surface area contributed by atoms with Gasteiger partial charge in [0.25, 0.3) is 0 Å². The average molecular weight is 221 g/mol. The number of alkyl halides is 1. The minimum absolute atomic E-state index is 0.144. The summed E-state index contributed by atoms with van der Waals surface area (Å²) in [6, 6.07) is 1.92. The second kappa shape index (κ2) is 3.57. The van der Waals surface area contributed by atoms with Crippen molar-refractivity contribution < 1.29 is 0 Å². The molecule has 1 fully saturated rings. The summed E-state index contributed by atoms with van der Waals surface area (Å²) in [6.07, 6.45) is 3.81. The van der Waals surface area contributed by atoms with Crippen LogP contribution in [-0.4, -0.2) is 0 Å². The van der Waals surface area contributed by atoms with E-state index in [2.05, 4.69) is 0 Å². The molecule has 1 unspecified atom stereocenters. The maximum absolute atomic E-state index is 6.21. The van der Waals surface area contributed by atoms with Crippen LogP contribution in [0.2, 0.25) is 5.02 Å². The summed E-state index contributed by atoms with van der Waals surface area (Å²) in [5, 5.41) is 2.98. The van der Waals surface area contributed by atoms with Crippen LogP contribution in [0.4, 0.5) is 0 Å². The first-order valence-electron chi connectivity index (χ1n) is 4.14. The molecular weight excluding hydrogens is 211 g/mol. The zero-order chi connectivity index (χ0) is 8.55. The molecular formula is C9H10Cl2S. The first-order chi connectivity index (χ1) is 5.77. The van der Waals surface area contributed by atoms with Crippen LogP contribution < -0.4 is 0 Å². The van der Waals surface area contributed by atoms with Gasteiger partial charge in [0, 0.05) is 4.88 Å². The topological polar surface area (TPSA) is 0 Å². The van der Waals surface area contributed by atoms with Gasteiger partial charge < -0.3 is 0 Å². The largest absolute Gasteiger partial charge is 0.146 e. The Bertz CT molecular complexity index is 265. The maximum atomic E-state index is 6.21. The molecule has 0 bridgehead atoms. The third-order valence-electron chi connectivity index (χ3n) is 2.17. The summed E-state index contributed by atoms with van der Waals surface area (Å²) in [5.41, 5.74) is 0. The summed E-state index contributed by atoms with van der Waals surface area (Å²) in [6.45, 7) is 0. The van der Waals surface area contributed by atoms with Crippen LogP contribution in [0.15, 0.2) is 11.4 Å². The minimum Gasteiger partial charge on any atom is -0.146 e. The Morgan fingerprint density at radius 1 is 1.58 bits per heavy atom. The fourth-order valence-corrected chi connectivity index (χ4v) is 3.04. The molecule has 1 heterocycles. The van der Waals surface area contributed by atoms with E-state index >= 15 is 0 Å². The van der Waals surface area contributed by atoms with Gasteiger partial charge in [-0.05, 0) is 23.8 Å². The van der Waals surface area contributed by atoms with Crippen LogP contribution in [-0.2, 0) is 0 Å². The SMILES string of the molecule is Clc1ccsc1C(Cl)CC1CC1. The molecule has 3 heteroatoms. The molecule has 0 spiro atoms. The summed E-state index contributed by atoms with van der Waals surface area (Å²) in [7, 11) is 0. The Balaban J connectivity index is 2.02. The minimum atomic E-state index is 0.144. The third kappa shape index (κ3) is 1.95. The van der Waals surface area contributed by atoms with Crippen molar-refractivity contribution in [1.82, 2.24) is 0 Å². The van der Waals surface area contributed by atoms with Gasteiger partial charge in [0.1, 0.15) is 0 Å². The second-order valence-electron chi connectivity index (χ2n) is 3.28. The predicted octanol–water partition coefficient (Wildman–Crippen LogP) is 4.48. The van der Waals surface area contributed by atoms with Crippen molar-refractivity contribution in [2.45, 2.75) is 24.6 Å². The number of thiophene rings is 1. The normalized spacial score (nSPS) is 19.5. The summed E-state index contributed by atoms with van der Waals surface area (Å²) >= 11 is 13.8. The molecule has 12 heavy (non-hydrogen) atoms. The Kier molecular flexibility index (Phi) is 2.63. The van der Waals surface area contributed by atoms with Crippen molar-refractivity contribution in [3.05, 3.63) is 21.3 Å². The molecule has 0 aromatic carbocycles. The second-order valence-corrected chi connectivity index (χ2v) is 5.16. The molecule has 1 saturated carbocycles. The zero-order valence-corrected chi connectivity index (χ0v) is 8.92. The number of halogens is 2. The van der Waals surface area contributed by atoms with Gasteiger partial charge in [0.2, 0.25) is 0 Å². The molecule has 0 N–H and O–H groups in total. The fourth-order valence-electron chi connectivity index (χ4n) is 1.28. The molecule has 66 valence electrons. The van der Waals surface area contributed by atoms with Gasteiger partial charge in [0.15, 0.2) is 0 Å². The lowest BCUT2D eigenvalue weighted by molar-refractivity contribution is 0.714. The van der Waals surface area contributed by atoms with Crippen LogP contribution in [0.1, 0.15) is 29.5 Å². The maximum Gasteiger partial charge on any atom is 0.0696 e. The van der Waals surface area contributed by atoms with Crippen LogP contribution in [0.3, 0.4) is 0 Å². The van der Waals surface area contributed by atoms with Crippen molar-refractivity contribution in [1.29, 1.82) is 0 Å². The van der Waals surface area contributed by atoms with Gasteiger partial charge in [-0.2, -0.15) is 0 Å². The van der Waals surface area contributed by atoms with Crippen molar-refractivity contribution in [2.24, 2.45) is 5.92 Å². The van der Waals surface area contributed by atoms with E-state index < -0.39 is 0 Å². The van der Waals surface area contributed by atoms with Crippen LogP contribution in [0, 0.1) is 5.92 Å². The first-order valence-corrected chi connectivity index (χ1v) is 5.83. The molecule has 1 aliphatic carbocycles. The molecule has 0 radical (unpaired) electrons. The molecule has 0 nitrogen and oxygen atoms in total. The summed E-state index contributed by atoms with van der Waals surface area (Å²) in [4.78, 5) is 1.14. The number of hydrogen-bond donors (Lipinski definition) is 0. The standard InChI is InChI=1S/C9H10Cl2S/c10-7-3-4-12-9(7)8(11)5-6-1-2-6/h3-4,6,8H,1-2,5H2. The van der Waals surface area contributed by atoms with Crippen molar-refractivity contribution in [3.63, 3.8) is 0 Å². The molecule has 1 aromatic rings. The van der Waals surface area contributed by atoms with Gasteiger partial charge >= 0.3 is 0 Å². The van der Waals surface area contributed by atoms with E-state index in [9.17, 15) is 0 Å². The monoisotopic (exact) mass is 220 g/mol. The van der Waals surface area contributed by atoms with Gasteiger partial charge in [-0.1, -0.05) is 24.4 Å². The summed E-state index contributed by atoms with van der Waals surface area (Å²) < 4.78 is 0. The van der Waals surface area contributed by atoms with E-state index in [0.29, 0.717) is 0 Å². The molecule has 0 amide bonds. The van der Waals surface area contributed by atoms with E-state index in [1.54, 1.807) is 11.3 Å². The summed E-state index contributed by atoms with van der Waals surface area (Å²) in [5.74, 6) is 0.866. The Morgan fingerprint density at radius 3 is 2.83 bits per heavy atom. The molecule has 1 aromatic heterocycles. The molecule has 2 rings (SSSR count). The highest BCUT2D eigenvalue weighted by molar-refractivity contribution is 7.11. The van der Waals surface area contributed by atoms with Gasteiger partial charge in [0.05, 0.1) is 10.4 Å². The molecule has 0 saturated heterocycles. The van der Waals surface area contributed by atoms with E-state index in [0.717, 1.165) is 22.2 Å². The zero-order valence-electron chi connectivity index (χ0n) is 6.59. The Hall–Kier alpha value is 0.280. The van der Waals surface area contributed by atoms with Crippen molar-refractivity contribution >= 4 is 34.5 Å². The quantitative estimate of drug-likeness (QED) is 0.660. The Labute approximate surface area is 86.5 Å². The number of hydrogen-bond acceptors (Lipinski definition) is 1. The van der Waals surface area contributed by atoms with Crippen LogP contribution in [0.5, 0.6) is 0 Å². The molecule has 1 atom stereocenters. The lowest BCUT2D eigenvalue weighted by Crippen LogP contribution is -1.88. The fraction of sp³-hybridized carbons (Fsp3) is 0.556. The highest BCUT2D eigenvalue weighted by atomic mass is 35.5. The van der Waals surface area contributed by atoms with Crippen molar-refractivity contribution in [2.75, 3.05) is 0 Å². The Morgan fingerprint density at radius 2 is 2.33 bits per heavy atom. The van der Waals surface area contributed by atoms with E-state index in [4.69, 9.17) is 23.2 Å². The highest BCUT2D eigenvalue weighted by Gasteiger charge is 2.26. The lowest BCUT2D eigenvalue weighted by Gasteiger charge is -2.05. The van der Waals surface area contributed by atoms with Gasteiger partial charge in [-0.25, -0.2) is 0 Å². The van der Waals surface area contributed by atoms with E-state index in [-0.39, 0.29) is 5.38 Å². The third-order valence-corrected chi connectivity index (χ3v) is 4.16. The predicted molar refractivity (Wildman–Crippen MR) is 55.3 cm³/mol. The lowest BCUT2D eigenvalue weighted by atomic mass is 10.2. The first kappa shape index (κ1) is 8.86. The molecule has 1 aliphatic rings. The van der Waals surface area contributed by atoms with Crippen LogP contribution in [0.25, 0.3) is 0 Å². The van der Waals surface area contributed by atoms with Gasteiger partial charge in [-0.3, -0.25) is 0 Å². The van der Waals surface area contributed by atoms with Gasteiger partial charge in [-0.15, -0.1) is 22.9 Å². The van der Waals surface area contributed by atoms with E-state index in [1.165, 1.54) is 12.8 Å². The smallest absolute Gasteiger partial charge is 0.0696 e. The molecule has 0 aliphatic heterocycles. The van der Waals surface area contributed by atoms with Crippen LogP contribution >= 0.6 is 34.5 Å². The van der Waals surface area contributed by atoms with Crippen molar-refractivity contribution in [3.8, 4) is 0 Å².